The Morgan fingerprint density at radius 3 is 2.92 bits per heavy atom. The van der Waals surface area contributed by atoms with Crippen LogP contribution in [0.25, 0.3) is 0 Å². The van der Waals surface area contributed by atoms with Crippen LogP contribution in [0.1, 0.15) is 12.8 Å². The molecule has 5 heteroatoms. The molecule has 70 valence electrons. The average Bonchev–Trinajstić information content (AvgIpc) is 2.85. The van der Waals surface area contributed by atoms with Gasteiger partial charge in [-0.25, -0.2) is 4.98 Å². The second kappa shape index (κ2) is 3.18. The molecule has 1 unspecified atom stereocenters. The molecule has 1 heterocycles. The highest BCUT2D eigenvalue weighted by Crippen LogP contribution is 2.31. The normalized spacial score (nSPS) is 18.2. The van der Waals surface area contributed by atoms with Crippen molar-refractivity contribution in [3.8, 4) is 0 Å². The standard InChI is InChI=1S/C8H13N5/c9-6-3-4-11-8(12-6)13-7(10)5-1-2-5/h3-5,7H,1-2,10H2,(H3,9,11,12,13). The molecule has 1 aliphatic carbocycles. The summed E-state index contributed by atoms with van der Waals surface area (Å²) in [5.74, 6) is 1.55. The summed E-state index contributed by atoms with van der Waals surface area (Å²) in [6.45, 7) is 0. The smallest absolute Gasteiger partial charge is 0.225 e. The third kappa shape index (κ3) is 2.06. The van der Waals surface area contributed by atoms with Crippen LogP contribution in [0.15, 0.2) is 12.3 Å². The maximum atomic E-state index is 5.83. The minimum Gasteiger partial charge on any atom is -0.384 e. The van der Waals surface area contributed by atoms with E-state index in [4.69, 9.17) is 11.5 Å². The van der Waals surface area contributed by atoms with Crippen LogP contribution >= 0.6 is 0 Å². The SMILES string of the molecule is Nc1ccnc(NC(N)C2CC2)n1. The van der Waals surface area contributed by atoms with Gasteiger partial charge < -0.3 is 16.8 Å². The summed E-state index contributed by atoms with van der Waals surface area (Å²) in [6.07, 6.45) is 3.96. The van der Waals surface area contributed by atoms with Crippen LogP contribution < -0.4 is 16.8 Å². The molecule has 0 spiro atoms. The van der Waals surface area contributed by atoms with Crippen LogP contribution in [0.5, 0.6) is 0 Å². The van der Waals surface area contributed by atoms with Gasteiger partial charge >= 0.3 is 0 Å². The number of nitrogens with two attached hydrogens (primary N) is 2. The maximum absolute atomic E-state index is 5.83. The summed E-state index contributed by atoms with van der Waals surface area (Å²) in [6, 6.07) is 1.65. The van der Waals surface area contributed by atoms with Gasteiger partial charge in [0.05, 0.1) is 6.17 Å². The van der Waals surface area contributed by atoms with Crippen molar-refractivity contribution in [2.45, 2.75) is 19.0 Å². The van der Waals surface area contributed by atoms with Crippen molar-refractivity contribution in [2.24, 2.45) is 11.7 Å². The van der Waals surface area contributed by atoms with Crippen LogP contribution in [-0.2, 0) is 0 Å². The molecule has 0 amide bonds. The van der Waals surface area contributed by atoms with E-state index in [1.165, 1.54) is 12.8 Å². The molecular formula is C8H13N5. The Morgan fingerprint density at radius 1 is 1.54 bits per heavy atom. The number of hydrogen-bond donors (Lipinski definition) is 3. The van der Waals surface area contributed by atoms with Crippen LogP contribution in [-0.4, -0.2) is 16.1 Å². The quantitative estimate of drug-likeness (QED) is 0.575. The van der Waals surface area contributed by atoms with E-state index in [0.717, 1.165) is 0 Å². The van der Waals surface area contributed by atoms with Gasteiger partial charge in [-0.15, -0.1) is 0 Å². The van der Waals surface area contributed by atoms with E-state index in [0.29, 0.717) is 17.7 Å². The Morgan fingerprint density at radius 2 is 2.31 bits per heavy atom. The van der Waals surface area contributed by atoms with Crippen molar-refractivity contribution in [1.29, 1.82) is 0 Å². The van der Waals surface area contributed by atoms with E-state index >= 15 is 0 Å². The predicted octanol–water partition coefficient (Wildman–Crippen LogP) is 0.165. The van der Waals surface area contributed by atoms with Gasteiger partial charge in [0.2, 0.25) is 5.95 Å². The first-order valence-corrected chi connectivity index (χ1v) is 4.36. The summed E-state index contributed by atoms with van der Waals surface area (Å²) in [4.78, 5) is 8.01. The lowest BCUT2D eigenvalue weighted by Gasteiger charge is -2.11. The highest BCUT2D eigenvalue weighted by atomic mass is 15.2. The number of nitrogens with zero attached hydrogens (tertiary/aromatic N) is 2. The van der Waals surface area contributed by atoms with E-state index in [2.05, 4.69) is 15.3 Å². The number of nitrogens with one attached hydrogen (secondary N) is 1. The van der Waals surface area contributed by atoms with E-state index in [1.54, 1.807) is 12.3 Å². The second-order valence-corrected chi connectivity index (χ2v) is 3.31. The van der Waals surface area contributed by atoms with Gasteiger partial charge in [-0.05, 0) is 24.8 Å². The summed E-state index contributed by atoms with van der Waals surface area (Å²) >= 11 is 0. The zero-order chi connectivity index (χ0) is 9.26. The topological polar surface area (TPSA) is 89.8 Å². The van der Waals surface area contributed by atoms with Gasteiger partial charge in [0.25, 0.3) is 0 Å². The lowest BCUT2D eigenvalue weighted by Crippen LogP contribution is -2.32. The van der Waals surface area contributed by atoms with Crippen molar-refractivity contribution in [2.75, 3.05) is 11.1 Å². The molecule has 5 N–H and O–H groups in total. The molecule has 1 saturated carbocycles. The molecule has 0 aromatic carbocycles. The average molecular weight is 179 g/mol. The van der Waals surface area contributed by atoms with Crippen molar-refractivity contribution in [3.05, 3.63) is 12.3 Å². The summed E-state index contributed by atoms with van der Waals surface area (Å²) < 4.78 is 0. The van der Waals surface area contributed by atoms with Crippen molar-refractivity contribution >= 4 is 11.8 Å². The monoisotopic (exact) mass is 179 g/mol. The number of nitrogen functional groups attached to an aromatic ring is 1. The van der Waals surface area contributed by atoms with Crippen molar-refractivity contribution < 1.29 is 0 Å². The molecule has 1 aromatic heterocycles. The highest BCUT2D eigenvalue weighted by Gasteiger charge is 2.28. The van der Waals surface area contributed by atoms with Gasteiger partial charge in [-0.3, -0.25) is 0 Å². The van der Waals surface area contributed by atoms with Gasteiger partial charge in [0.1, 0.15) is 5.82 Å². The van der Waals surface area contributed by atoms with E-state index in [1.807, 2.05) is 0 Å². The van der Waals surface area contributed by atoms with Crippen LogP contribution in [0.3, 0.4) is 0 Å². The largest absolute Gasteiger partial charge is 0.384 e. The van der Waals surface area contributed by atoms with E-state index in [-0.39, 0.29) is 6.17 Å². The number of rotatable bonds is 3. The molecule has 1 aromatic rings. The Kier molecular flexibility index (Phi) is 2.02. The molecule has 2 rings (SSSR count). The molecule has 1 fully saturated rings. The zero-order valence-electron chi connectivity index (χ0n) is 7.27. The lowest BCUT2D eigenvalue weighted by atomic mass is 10.3. The van der Waals surface area contributed by atoms with Gasteiger partial charge in [0.15, 0.2) is 0 Å². The number of anilines is 2. The van der Waals surface area contributed by atoms with Crippen LogP contribution in [0, 0.1) is 5.92 Å². The first kappa shape index (κ1) is 8.25. The third-order valence-corrected chi connectivity index (χ3v) is 2.10. The van der Waals surface area contributed by atoms with Crippen LogP contribution in [0.4, 0.5) is 11.8 Å². The molecular weight excluding hydrogens is 166 g/mol. The predicted molar refractivity (Wildman–Crippen MR) is 50.8 cm³/mol. The van der Waals surface area contributed by atoms with E-state index < -0.39 is 0 Å². The van der Waals surface area contributed by atoms with E-state index in [9.17, 15) is 0 Å². The number of hydrogen-bond acceptors (Lipinski definition) is 5. The summed E-state index contributed by atoms with van der Waals surface area (Å²) in [5.41, 5.74) is 11.3. The van der Waals surface area contributed by atoms with Gasteiger partial charge in [0, 0.05) is 6.20 Å². The van der Waals surface area contributed by atoms with Crippen LogP contribution in [0.2, 0.25) is 0 Å². The molecule has 13 heavy (non-hydrogen) atoms. The molecule has 0 bridgehead atoms. The number of aromatic nitrogens is 2. The Labute approximate surface area is 76.6 Å². The first-order chi connectivity index (χ1) is 6.25. The minimum absolute atomic E-state index is 0.0400. The van der Waals surface area contributed by atoms with Crippen molar-refractivity contribution in [1.82, 2.24) is 9.97 Å². The fourth-order valence-corrected chi connectivity index (χ4v) is 1.16. The van der Waals surface area contributed by atoms with Gasteiger partial charge in [-0.2, -0.15) is 4.98 Å². The fourth-order valence-electron chi connectivity index (χ4n) is 1.16. The lowest BCUT2D eigenvalue weighted by molar-refractivity contribution is 0.657. The van der Waals surface area contributed by atoms with Gasteiger partial charge in [-0.1, -0.05) is 0 Å². The Bertz CT molecular complexity index is 296. The summed E-state index contributed by atoms with van der Waals surface area (Å²) in [5, 5.41) is 3.02. The molecule has 1 aliphatic rings. The molecule has 0 saturated heterocycles. The zero-order valence-corrected chi connectivity index (χ0v) is 7.27. The highest BCUT2D eigenvalue weighted by molar-refractivity contribution is 5.35. The molecule has 0 radical (unpaired) electrons. The fraction of sp³-hybridized carbons (Fsp3) is 0.500. The van der Waals surface area contributed by atoms with Crippen molar-refractivity contribution in [3.63, 3.8) is 0 Å². The molecule has 0 aliphatic heterocycles. The Balaban J connectivity index is 2.00. The first-order valence-electron chi connectivity index (χ1n) is 4.36. The third-order valence-electron chi connectivity index (χ3n) is 2.10. The maximum Gasteiger partial charge on any atom is 0.225 e. The second-order valence-electron chi connectivity index (χ2n) is 3.31. The molecule has 5 nitrogen and oxygen atoms in total. The Hall–Kier alpha value is -1.36. The minimum atomic E-state index is -0.0400. The molecule has 1 atom stereocenters. The summed E-state index contributed by atoms with van der Waals surface area (Å²) in [7, 11) is 0.